The molecule has 0 saturated heterocycles. The third-order valence-corrected chi connectivity index (χ3v) is 4.72. The first kappa shape index (κ1) is 19.6. The zero-order valence-electron chi connectivity index (χ0n) is 16.2. The van der Waals surface area contributed by atoms with E-state index >= 15 is 0 Å². The molecule has 0 aliphatic heterocycles. The maximum Gasteiger partial charge on any atom is 0.328 e. The van der Waals surface area contributed by atoms with Crippen LogP contribution in [-0.4, -0.2) is 22.0 Å². The van der Waals surface area contributed by atoms with Gasteiger partial charge in [0.2, 0.25) is 0 Å². The lowest BCUT2D eigenvalue weighted by atomic mass is 10.1. The predicted octanol–water partition coefficient (Wildman–Crippen LogP) is 2.71. The van der Waals surface area contributed by atoms with Gasteiger partial charge in [-0.2, -0.15) is 0 Å². The van der Waals surface area contributed by atoms with Gasteiger partial charge in [-0.1, -0.05) is 44.2 Å². The first-order chi connectivity index (χ1) is 13.5. The number of benzene rings is 2. The van der Waals surface area contributed by atoms with E-state index < -0.39 is 5.69 Å². The molecule has 6 nitrogen and oxygen atoms in total. The second-order valence-corrected chi connectivity index (χ2v) is 7.32. The van der Waals surface area contributed by atoms with Crippen molar-refractivity contribution in [2.45, 2.75) is 33.2 Å². The maximum absolute atomic E-state index is 12.7. The van der Waals surface area contributed by atoms with E-state index in [1.165, 1.54) is 4.57 Å². The molecule has 3 rings (SSSR count). The lowest BCUT2D eigenvalue weighted by molar-refractivity contribution is 0.0952. The Morgan fingerprint density at radius 2 is 1.86 bits per heavy atom. The molecule has 0 unspecified atom stereocenters. The summed E-state index contributed by atoms with van der Waals surface area (Å²) in [5.74, 6) is 0.291. The second-order valence-electron chi connectivity index (χ2n) is 7.32. The number of hydrogen-bond acceptors (Lipinski definition) is 3. The number of H-pyrrole nitrogens is 1. The molecule has 0 fully saturated rings. The third kappa shape index (κ3) is 4.57. The van der Waals surface area contributed by atoms with Crippen LogP contribution in [0, 0.1) is 5.92 Å². The fourth-order valence-corrected chi connectivity index (χ4v) is 3.06. The van der Waals surface area contributed by atoms with Crippen LogP contribution in [0.2, 0.25) is 0 Å². The van der Waals surface area contributed by atoms with E-state index in [0.717, 1.165) is 12.0 Å². The number of carbonyl (C=O) groups excluding carboxylic acids is 1. The molecule has 0 aliphatic rings. The lowest BCUT2D eigenvalue weighted by Crippen LogP contribution is -2.35. The molecule has 0 spiro atoms. The van der Waals surface area contributed by atoms with Crippen molar-refractivity contribution in [2.75, 3.05) is 6.54 Å². The van der Waals surface area contributed by atoms with Gasteiger partial charge in [0.15, 0.2) is 0 Å². The van der Waals surface area contributed by atoms with Crippen molar-refractivity contribution in [1.29, 1.82) is 0 Å². The Labute approximate surface area is 163 Å². The largest absolute Gasteiger partial charge is 0.352 e. The molecule has 1 amide bonds. The van der Waals surface area contributed by atoms with Gasteiger partial charge >= 0.3 is 5.69 Å². The molecule has 1 aromatic heterocycles. The van der Waals surface area contributed by atoms with Crippen LogP contribution in [0.3, 0.4) is 0 Å². The van der Waals surface area contributed by atoms with E-state index in [1.807, 2.05) is 30.3 Å². The lowest BCUT2D eigenvalue weighted by Gasteiger charge is -2.09. The fourth-order valence-electron chi connectivity index (χ4n) is 3.06. The van der Waals surface area contributed by atoms with Gasteiger partial charge in [-0.25, -0.2) is 4.79 Å². The normalized spacial score (nSPS) is 11.1. The highest BCUT2D eigenvalue weighted by molar-refractivity contribution is 5.97. The van der Waals surface area contributed by atoms with Crippen LogP contribution in [0.25, 0.3) is 10.9 Å². The minimum atomic E-state index is -0.467. The Morgan fingerprint density at radius 1 is 1.11 bits per heavy atom. The average molecular weight is 379 g/mol. The Kier molecular flexibility index (Phi) is 6.09. The van der Waals surface area contributed by atoms with Crippen LogP contribution in [0.1, 0.15) is 36.2 Å². The molecule has 1 heterocycles. The summed E-state index contributed by atoms with van der Waals surface area (Å²) in [7, 11) is 0. The summed E-state index contributed by atoms with van der Waals surface area (Å²) in [6.07, 6.45) is 1.48. The van der Waals surface area contributed by atoms with Crippen molar-refractivity contribution >= 4 is 16.8 Å². The third-order valence-electron chi connectivity index (χ3n) is 4.72. The summed E-state index contributed by atoms with van der Waals surface area (Å²) in [5.41, 5.74) is 1.05. The topological polar surface area (TPSA) is 84.0 Å². The number of rotatable bonds is 7. The molecule has 3 aromatic rings. The Balaban J connectivity index is 1.83. The Hall–Kier alpha value is -3.15. The van der Waals surface area contributed by atoms with Gasteiger partial charge < -0.3 is 10.3 Å². The van der Waals surface area contributed by atoms with Crippen LogP contribution in [0.5, 0.6) is 0 Å². The number of hydrogen-bond donors (Lipinski definition) is 2. The van der Waals surface area contributed by atoms with Crippen LogP contribution < -0.4 is 16.6 Å². The molecule has 6 heteroatoms. The molecule has 0 saturated carbocycles. The van der Waals surface area contributed by atoms with Crippen LogP contribution in [0.4, 0.5) is 0 Å². The minimum absolute atomic E-state index is 0.211. The van der Waals surface area contributed by atoms with E-state index in [0.29, 0.717) is 41.9 Å². The number of nitrogens with one attached hydrogen (secondary N) is 2. The van der Waals surface area contributed by atoms with E-state index in [1.54, 1.807) is 18.2 Å². The molecule has 2 N–H and O–H groups in total. The summed E-state index contributed by atoms with van der Waals surface area (Å²) in [4.78, 5) is 40.2. The van der Waals surface area contributed by atoms with Crippen molar-refractivity contribution in [3.05, 3.63) is 80.5 Å². The van der Waals surface area contributed by atoms with E-state index in [4.69, 9.17) is 0 Å². The summed E-state index contributed by atoms with van der Waals surface area (Å²) >= 11 is 0. The van der Waals surface area contributed by atoms with Crippen molar-refractivity contribution in [2.24, 2.45) is 5.92 Å². The number of carbonyl (C=O) groups is 1. The number of fused-ring (bicyclic) bond motifs is 1. The predicted molar refractivity (Wildman–Crippen MR) is 111 cm³/mol. The highest BCUT2D eigenvalue weighted by Gasteiger charge is 2.11. The number of nitrogens with zero attached hydrogens (tertiary/aromatic N) is 1. The van der Waals surface area contributed by atoms with Gasteiger partial charge in [0.25, 0.3) is 11.5 Å². The molecule has 146 valence electrons. The number of aromatic amines is 1. The van der Waals surface area contributed by atoms with Gasteiger partial charge in [-0.05, 0) is 42.5 Å². The molecule has 0 bridgehead atoms. The highest BCUT2D eigenvalue weighted by atomic mass is 16.2. The average Bonchev–Trinajstić information content (AvgIpc) is 2.67. The molecule has 2 aromatic carbocycles. The molecule has 0 atom stereocenters. The van der Waals surface area contributed by atoms with Crippen LogP contribution in [0.15, 0.2) is 58.1 Å². The van der Waals surface area contributed by atoms with Gasteiger partial charge in [-0.15, -0.1) is 0 Å². The Morgan fingerprint density at radius 3 is 2.57 bits per heavy atom. The molecular weight excluding hydrogens is 354 g/mol. The number of aromatic nitrogens is 2. The van der Waals surface area contributed by atoms with E-state index in [2.05, 4.69) is 24.1 Å². The maximum atomic E-state index is 12.7. The number of aryl methyl sites for hydroxylation is 1. The minimum Gasteiger partial charge on any atom is -0.352 e. The summed E-state index contributed by atoms with van der Waals surface area (Å²) in [5, 5.41) is 3.25. The smallest absolute Gasteiger partial charge is 0.328 e. The van der Waals surface area contributed by atoms with Gasteiger partial charge in [0.1, 0.15) is 0 Å². The zero-order valence-corrected chi connectivity index (χ0v) is 16.2. The number of amides is 1. The summed E-state index contributed by atoms with van der Waals surface area (Å²) < 4.78 is 1.21. The van der Waals surface area contributed by atoms with E-state index in [9.17, 15) is 14.4 Å². The molecule has 0 radical (unpaired) electrons. The monoisotopic (exact) mass is 379 g/mol. The molecular formula is C22H25N3O3. The van der Waals surface area contributed by atoms with Crippen LogP contribution >= 0.6 is 0 Å². The first-order valence-corrected chi connectivity index (χ1v) is 9.54. The SMILES string of the molecule is CC(C)CCNC(=O)c1ccc2c(=O)n(CCc3ccccc3)c(=O)[nH]c2c1. The second kappa shape index (κ2) is 8.69. The highest BCUT2D eigenvalue weighted by Crippen LogP contribution is 2.10. The molecule has 28 heavy (non-hydrogen) atoms. The van der Waals surface area contributed by atoms with Gasteiger partial charge in [0.05, 0.1) is 10.9 Å². The van der Waals surface area contributed by atoms with Crippen molar-refractivity contribution in [3.63, 3.8) is 0 Å². The molecule has 0 aliphatic carbocycles. The van der Waals surface area contributed by atoms with Crippen LogP contribution in [-0.2, 0) is 13.0 Å². The van der Waals surface area contributed by atoms with Gasteiger partial charge in [0, 0.05) is 18.7 Å². The quantitative estimate of drug-likeness (QED) is 0.662. The summed E-state index contributed by atoms with van der Waals surface area (Å²) in [6.45, 7) is 5.07. The van der Waals surface area contributed by atoms with Gasteiger partial charge in [-0.3, -0.25) is 14.2 Å². The van der Waals surface area contributed by atoms with Crippen molar-refractivity contribution in [3.8, 4) is 0 Å². The fraction of sp³-hybridized carbons (Fsp3) is 0.318. The van der Waals surface area contributed by atoms with E-state index in [-0.39, 0.29) is 11.5 Å². The first-order valence-electron chi connectivity index (χ1n) is 9.54. The summed E-state index contributed by atoms with van der Waals surface area (Å²) in [6, 6.07) is 14.5. The zero-order chi connectivity index (χ0) is 20.1. The standard InChI is InChI=1S/C22H25N3O3/c1-15(2)10-12-23-20(26)17-8-9-18-19(14-17)24-22(28)25(21(18)27)13-11-16-6-4-3-5-7-16/h3-9,14-15H,10-13H2,1-2H3,(H,23,26)(H,24,28). The Bertz CT molecular complexity index is 1080. The van der Waals surface area contributed by atoms with Crippen molar-refractivity contribution < 1.29 is 4.79 Å². The van der Waals surface area contributed by atoms with Crippen molar-refractivity contribution in [1.82, 2.24) is 14.9 Å².